The maximum atomic E-state index is 13.0. The Labute approximate surface area is 128 Å². The summed E-state index contributed by atoms with van der Waals surface area (Å²) in [6.45, 7) is 2.04. The Hall–Kier alpha value is -1.87. The lowest BCUT2D eigenvalue weighted by molar-refractivity contribution is -0.117. The Kier molecular flexibility index (Phi) is 5.34. The highest BCUT2D eigenvalue weighted by atomic mass is 35.5. The van der Waals surface area contributed by atoms with E-state index in [1.807, 2.05) is 37.3 Å². The van der Waals surface area contributed by atoms with Crippen molar-refractivity contribution in [1.82, 2.24) is 0 Å². The minimum Gasteiger partial charge on any atom is -0.324 e. The van der Waals surface area contributed by atoms with E-state index in [4.69, 9.17) is 11.6 Å². The van der Waals surface area contributed by atoms with Crippen molar-refractivity contribution < 1.29 is 9.18 Å². The monoisotopic (exact) mass is 305 g/mol. The summed E-state index contributed by atoms with van der Waals surface area (Å²) in [6, 6.07) is 13.6. The lowest BCUT2D eigenvalue weighted by Gasteiger charge is -2.17. The summed E-state index contributed by atoms with van der Waals surface area (Å²) < 4.78 is 13.0. The molecule has 110 valence electrons. The number of rotatable bonds is 5. The highest BCUT2D eigenvalue weighted by molar-refractivity contribution is 6.33. The van der Waals surface area contributed by atoms with Gasteiger partial charge in [0, 0.05) is 0 Å². The van der Waals surface area contributed by atoms with Crippen molar-refractivity contribution in [3.05, 3.63) is 64.9 Å². The zero-order valence-corrected chi connectivity index (χ0v) is 12.5. The number of carbonyl (C=O) groups is 1. The van der Waals surface area contributed by atoms with E-state index >= 15 is 0 Å². The lowest BCUT2D eigenvalue weighted by Crippen LogP contribution is -2.21. The average molecular weight is 306 g/mol. The fraction of sp³-hybridized carbons (Fsp3) is 0.235. The van der Waals surface area contributed by atoms with Crippen molar-refractivity contribution in [3.8, 4) is 0 Å². The predicted molar refractivity (Wildman–Crippen MR) is 84.1 cm³/mol. The molecule has 2 aromatic carbocycles. The van der Waals surface area contributed by atoms with E-state index in [-0.39, 0.29) is 16.8 Å². The number of carbonyl (C=O) groups excluding carboxylic acids is 1. The normalized spacial score (nSPS) is 12.0. The highest BCUT2D eigenvalue weighted by Crippen LogP contribution is 2.27. The number of nitrogens with one attached hydrogen (secondary N) is 1. The van der Waals surface area contributed by atoms with Crippen molar-refractivity contribution in [3.63, 3.8) is 0 Å². The van der Waals surface area contributed by atoms with Crippen LogP contribution in [0.15, 0.2) is 48.5 Å². The smallest absolute Gasteiger partial charge is 0.231 e. The van der Waals surface area contributed by atoms with E-state index < -0.39 is 5.82 Å². The van der Waals surface area contributed by atoms with Gasteiger partial charge in [0.2, 0.25) is 5.91 Å². The number of benzene rings is 2. The summed E-state index contributed by atoms with van der Waals surface area (Å²) in [5, 5.41) is 2.98. The molecule has 0 radical (unpaired) electrons. The average Bonchev–Trinajstić information content (AvgIpc) is 2.48. The van der Waals surface area contributed by atoms with Gasteiger partial charge >= 0.3 is 0 Å². The maximum Gasteiger partial charge on any atom is 0.231 e. The van der Waals surface area contributed by atoms with Gasteiger partial charge in [-0.2, -0.15) is 0 Å². The third kappa shape index (κ3) is 4.05. The van der Waals surface area contributed by atoms with Crippen LogP contribution in [-0.4, -0.2) is 5.91 Å². The molecule has 2 nitrogen and oxygen atoms in total. The number of halogens is 2. The predicted octanol–water partition coefficient (Wildman–Crippen LogP) is 5.00. The van der Waals surface area contributed by atoms with Gasteiger partial charge in [-0.05, 0) is 30.2 Å². The molecule has 0 saturated carbocycles. The molecular formula is C17H17ClFNO. The first-order valence-electron chi connectivity index (χ1n) is 6.92. The van der Waals surface area contributed by atoms with E-state index in [2.05, 4.69) is 5.32 Å². The van der Waals surface area contributed by atoms with Crippen molar-refractivity contribution in [2.24, 2.45) is 0 Å². The van der Waals surface area contributed by atoms with Crippen LogP contribution < -0.4 is 5.32 Å². The quantitative estimate of drug-likeness (QED) is 0.827. The number of hydrogen-bond donors (Lipinski definition) is 1. The largest absolute Gasteiger partial charge is 0.324 e. The zero-order chi connectivity index (χ0) is 15.2. The van der Waals surface area contributed by atoms with Gasteiger partial charge in [0.15, 0.2) is 0 Å². The van der Waals surface area contributed by atoms with Gasteiger partial charge in [0.1, 0.15) is 5.82 Å². The van der Waals surface area contributed by atoms with E-state index in [1.54, 1.807) is 0 Å². The molecule has 0 aliphatic heterocycles. The fourth-order valence-corrected chi connectivity index (χ4v) is 2.45. The van der Waals surface area contributed by atoms with Gasteiger partial charge in [0.05, 0.1) is 16.6 Å². The molecule has 1 unspecified atom stereocenters. The minimum absolute atomic E-state index is 0.128. The van der Waals surface area contributed by atoms with Crippen LogP contribution in [0.25, 0.3) is 0 Å². The fourth-order valence-electron chi connectivity index (χ4n) is 2.23. The van der Waals surface area contributed by atoms with Crippen LogP contribution >= 0.6 is 11.6 Å². The van der Waals surface area contributed by atoms with Gasteiger partial charge < -0.3 is 5.32 Å². The summed E-state index contributed by atoms with van der Waals surface area (Å²) in [5.74, 6) is -0.792. The summed E-state index contributed by atoms with van der Waals surface area (Å²) in [7, 11) is 0. The Balaban J connectivity index is 2.19. The molecule has 4 heteroatoms. The van der Waals surface area contributed by atoms with Crippen LogP contribution in [0, 0.1) is 5.82 Å². The van der Waals surface area contributed by atoms with E-state index in [0.717, 1.165) is 18.4 Å². The van der Waals surface area contributed by atoms with Gasteiger partial charge in [-0.25, -0.2) is 4.39 Å². The second-order valence-electron chi connectivity index (χ2n) is 4.87. The van der Waals surface area contributed by atoms with Crippen molar-refractivity contribution >= 4 is 23.2 Å². The molecule has 2 aromatic rings. The molecule has 0 heterocycles. The molecule has 21 heavy (non-hydrogen) atoms. The van der Waals surface area contributed by atoms with Crippen LogP contribution in [0.1, 0.15) is 31.2 Å². The first-order valence-corrected chi connectivity index (χ1v) is 7.30. The van der Waals surface area contributed by atoms with Crippen molar-refractivity contribution in [1.29, 1.82) is 0 Å². The molecular weight excluding hydrogens is 289 g/mol. The molecule has 2 rings (SSSR count). The third-order valence-electron chi connectivity index (χ3n) is 3.28. The number of anilines is 1. The van der Waals surface area contributed by atoms with Gasteiger partial charge in [-0.3, -0.25) is 4.79 Å². The number of amides is 1. The first kappa shape index (κ1) is 15.5. The van der Waals surface area contributed by atoms with Gasteiger partial charge in [0.25, 0.3) is 0 Å². The molecule has 0 spiro atoms. The summed E-state index contributed by atoms with van der Waals surface area (Å²) in [4.78, 5) is 12.5. The third-order valence-corrected chi connectivity index (χ3v) is 3.60. The van der Waals surface area contributed by atoms with Crippen LogP contribution in [-0.2, 0) is 4.79 Å². The second kappa shape index (κ2) is 7.23. The molecule has 0 bridgehead atoms. The molecule has 1 N–H and O–H groups in total. The highest BCUT2D eigenvalue weighted by Gasteiger charge is 2.20. The summed E-state index contributed by atoms with van der Waals surface area (Å²) >= 11 is 5.95. The molecule has 0 fully saturated rings. The molecule has 0 aliphatic carbocycles. The van der Waals surface area contributed by atoms with E-state index in [9.17, 15) is 9.18 Å². The topological polar surface area (TPSA) is 29.1 Å². The minimum atomic E-state index is -0.425. The standard InChI is InChI=1S/C17H17ClFNO/c1-2-6-14(12-7-4-3-5-8-12)17(21)20-16-10-9-13(19)11-15(16)18/h3-5,7-11,14H,2,6H2,1H3,(H,20,21). The maximum absolute atomic E-state index is 13.0. The van der Waals surface area contributed by atoms with Gasteiger partial charge in [-0.15, -0.1) is 0 Å². The zero-order valence-electron chi connectivity index (χ0n) is 11.8. The Morgan fingerprint density at radius 2 is 1.95 bits per heavy atom. The molecule has 0 aliphatic rings. The first-order chi connectivity index (χ1) is 10.1. The van der Waals surface area contributed by atoms with Crippen LogP contribution in [0.5, 0.6) is 0 Å². The Morgan fingerprint density at radius 1 is 1.24 bits per heavy atom. The van der Waals surface area contributed by atoms with E-state index in [1.165, 1.54) is 18.2 Å². The Bertz CT molecular complexity index is 615. The number of hydrogen-bond acceptors (Lipinski definition) is 1. The SMILES string of the molecule is CCCC(C(=O)Nc1ccc(F)cc1Cl)c1ccccc1. The lowest BCUT2D eigenvalue weighted by atomic mass is 9.93. The van der Waals surface area contributed by atoms with Crippen LogP contribution in [0.3, 0.4) is 0 Å². The molecule has 1 amide bonds. The summed E-state index contributed by atoms with van der Waals surface area (Å²) in [5.41, 5.74) is 1.40. The Morgan fingerprint density at radius 3 is 2.57 bits per heavy atom. The molecule has 1 atom stereocenters. The summed E-state index contributed by atoms with van der Waals surface area (Å²) in [6.07, 6.45) is 1.64. The van der Waals surface area contributed by atoms with Crippen LogP contribution in [0.2, 0.25) is 5.02 Å². The van der Waals surface area contributed by atoms with Crippen molar-refractivity contribution in [2.75, 3.05) is 5.32 Å². The van der Waals surface area contributed by atoms with E-state index in [0.29, 0.717) is 5.69 Å². The van der Waals surface area contributed by atoms with Crippen molar-refractivity contribution in [2.45, 2.75) is 25.7 Å². The molecule has 0 saturated heterocycles. The molecule has 0 aromatic heterocycles. The van der Waals surface area contributed by atoms with Gasteiger partial charge in [-0.1, -0.05) is 55.3 Å². The second-order valence-corrected chi connectivity index (χ2v) is 5.27. The van der Waals surface area contributed by atoms with Crippen LogP contribution in [0.4, 0.5) is 10.1 Å².